The fourth-order valence-electron chi connectivity index (χ4n) is 1.37. The molecule has 0 N–H and O–H groups in total. The molecule has 1 heterocycles. The van der Waals surface area contributed by atoms with Crippen molar-refractivity contribution in [3.8, 4) is 0 Å². The van der Waals surface area contributed by atoms with Crippen LogP contribution < -0.4 is 0 Å². The Bertz CT molecular complexity index is 149. The predicted octanol–water partition coefficient (Wildman–Crippen LogP) is 0.498. The van der Waals surface area contributed by atoms with Gasteiger partial charge < -0.3 is 13.8 Å². The Hall–Kier alpha value is 0.805. The quantitative estimate of drug-likeness (QED) is 0.497. The van der Waals surface area contributed by atoms with Crippen molar-refractivity contribution >= 4 is 26.8 Å². The van der Waals surface area contributed by atoms with E-state index in [4.69, 9.17) is 21.6 Å². The lowest BCUT2D eigenvalue weighted by atomic mass is 9.86. The molecular weight excluding hydrogens is 193 g/mol. The maximum Gasteiger partial charge on any atom is 0.109 e. The molecule has 0 saturated carbocycles. The van der Waals surface area contributed by atoms with Crippen LogP contribution in [-0.4, -0.2) is 32.7 Å². The highest BCUT2D eigenvalue weighted by molar-refractivity contribution is 7.10. The standard InChI is InChI=1S/C6H13BO3P2/c1-3-5(10-12)4(2-8-11)9-6(3)7/h3-6H,2,11-12H2,1H3. The third-order valence-corrected chi connectivity index (χ3v) is 2.66. The zero-order valence-electron chi connectivity index (χ0n) is 6.97. The van der Waals surface area contributed by atoms with Crippen LogP contribution in [0, 0.1) is 5.92 Å². The Morgan fingerprint density at radius 1 is 1.50 bits per heavy atom. The highest BCUT2D eigenvalue weighted by atomic mass is 31.0. The molecule has 0 spiro atoms. The van der Waals surface area contributed by atoms with Crippen LogP contribution in [0.15, 0.2) is 0 Å². The molecule has 6 heteroatoms. The van der Waals surface area contributed by atoms with Crippen molar-refractivity contribution in [1.29, 1.82) is 0 Å². The van der Waals surface area contributed by atoms with Gasteiger partial charge in [0.2, 0.25) is 0 Å². The Kier molecular flexibility index (Phi) is 4.43. The summed E-state index contributed by atoms with van der Waals surface area (Å²) in [7, 11) is 10.1. The monoisotopic (exact) mass is 206 g/mol. The minimum absolute atomic E-state index is 0.00514. The molecular formula is C6H13BO3P2. The largest absolute Gasteiger partial charge is 0.379 e. The van der Waals surface area contributed by atoms with Gasteiger partial charge in [0.25, 0.3) is 0 Å². The fraction of sp³-hybridized carbons (Fsp3) is 1.00. The molecule has 1 aliphatic rings. The molecule has 6 atom stereocenters. The van der Waals surface area contributed by atoms with E-state index < -0.39 is 0 Å². The van der Waals surface area contributed by atoms with Gasteiger partial charge >= 0.3 is 0 Å². The van der Waals surface area contributed by atoms with Crippen molar-refractivity contribution in [2.75, 3.05) is 6.61 Å². The molecule has 2 radical (unpaired) electrons. The molecule has 6 unspecified atom stereocenters. The molecule has 68 valence electrons. The van der Waals surface area contributed by atoms with Crippen molar-refractivity contribution in [3.05, 3.63) is 0 Å². The van der Waals surface area contributed by atoms with Gasteiger partial charge in [-0.2, -0.15) is 0 Å². The minimum Gasteiger partial charge on any atom is -0.379 e. The predicted molar refractivity (Wildman–Crippen MR) is 53.8 cm³/mol. The van der Waals surface area contributed by atoms with Gasteiger partial charge in [0.15, 0.2) is 0 Å². The summed E-state index contributed by atoms with van der Waals surface area (Å²) < 4.78 is 15.5. The number of hydrogen-bond donors (Lipinski definition) is 0. The van der Waals surface area contributed by atoms with Gasteiger partial charge in [-0.15, -0.1) is 0 Å². The fourth-order valence-corrected chi connectivity index (χ4v) is 1.98. The lowest BCUT2D eigenvalue weighted by Gasteiger charge is -2.18. The summed E-state index contributed by atoms with van der Waals surface area (Å²) in [5.41, 5.74) is 0. The zero-order valence-corrected chi connectivity index (χ0v) is 9.28. The van der Waals surface area contributed by atoms with Crippen LogP contribution in [0.5, 0.6) is 0 Å². The van der Waals surface area contributed by atoms with E-state index >= 15 is 0 Å². The first-order chi connectivity index (χ1) is 5.70. The Balaban J connectivity index is 2.52. The second-order valence-corrected chi connectivity index (χ2v) is 3.54. The summed E-state index contributed by atoms with van der Waals surface area (Å²) >= 11 is 0. The molecule has 1 rings (SSSR count). The maximum absolute atomic E-state index is 5.69. The first-order valence-electron chi connectivity index (χ1n) is 3.79. The van der Waals surface area contributed by atoms with E-state index in [1.54, 1.807) is 0 Å². The summed E-state index contributed by atoms with van der Waals surface area (Å²) in [6.07, 6.45) is -0.0597. The molecule has 12 heavy (non-hydrogen) atoms. The second-order valence-electron chi connectivity index (χ2n) is 2.93. The van der Waals surface area contributed by atoms with Crippen LogP contribution in [0.25, 0.3) is 0 Å². The third-order valence-electron chi connectivity index (χ3n) is 2.15. The van der Waals surface area contributed by atoms with Crippen LogP contribution >= 0.6 is 18.9 Å². The minimum atomic E-state index is -0.249. The van der Waals surface area contributed by atoms with Crippen LogP contribution in [0.1, 0.15) is 6.92 Å². The first-order valence-corrected chi connectivity index (χ1v) is 4.73. The average molecular weight is 206 g/mol. The van der Waals surface area contributed by atoms with E-state index in [1.165, 1.54) is 0 Å². The average Bonchev–Trinajstić information content (AvgIpc) is 2.29. The van der Waals surface area contributed by atoms with Crippen molar-refractivity contribution in [3.63, 3.8) is 0 Å². The molecule has 0 aromatic rings. The zero-order chi connectivity index (χ0) is 9.14. The highest BCUT2D eigenvalue weighted by Gasteiger charge is 2.39. The van der Waals surface area contributed by atoms with E-state index in [0.29, 0.717) is 6.61 Å². The van der Waals surface area contributed by atoms with E-state index in [0.717, 1.165) is 0 Å². The topological polar surface area (TPSA) is 27.7 Å². The Morgan fingerprint density at radius 2 is 2.17 bits per heavy atom. The third kappa shape index (κ3) is 2.18. The molecule has 0 bridgehead atoms. The van der Waals surface area contributed by atoms with E-state index in [-0.39, 0.29) is 24.1 Å². The van der Waals surface area contributed by atoms with Crippen molar-refractivity contribution in [1.82, 2.24) is 0 Å². The summed E-state index contributed by atoms with van der Waals surface area (Å²) in [6, 6.07) is -0.249. The van der Waals surface area contributed by atoms with Crippen LogP contribution in [0.4, 0.5) is 0 Å². The normalized spacial score (nSPS) is 41.9. The molecule has 3 nitrogen and oxygen atoms in total. The van der Waals surface area contributed by atoms with Gasteiger partial charge in [0.1, 0.15) is 14.0 Å². The highest BCUT2D eigenvalue weighted by Crippen LogP contribution is 2.29. The van der Waals surface area contributed by atoms with E-state index in [1.807, 2.05) is 6.92 Å². The van der Waals surface area contributed by atoms with Crippen LogP contribution in [0.2, 0.25) is 0 Å². The molecule has 0 aliphatic carbocycles. The number of ether oxygens (including phenoxy) is 1. The van der Waals surface area contributed by atoms with Gasteiger partial charge in [-0.05, 0) is 0 Å². The van der Waals surface area contributed by atoms with Gasteiger partial charge in [-0.3, -0.25) is 0 Å². The summed E-state index contributed by atoms with van der Waals surface area (Å²) in [4.78, 5) is 0. The molecule has 0 aromatic heterocycles. The van der Waals surface area contributed by atoms with E-state index in [9.17, 15) is 0 Å². The van der Waals surface area contributed by atoms with Crippen molar-refractivity contribution in [2.24, 2.45) is 5.92 Å². The van der Waals surface area contributed by atoms with Gasteiger partial charge in [0, 0.05) is 30.9 Å². The first kappa shape index (κ1) is 10.9. The maximum atomic E-state index is 5.69. The van der Waals surface area contributed by atoms with Gasteiger partial charge in [-0.1, -0.05) is 6.92 Å². The van der Waals surface area contributed by atoms with Gasteiger partial charge in [0.05, 0.1) is 12.7 Å². The Morgan fingerprint density at radius 3 is 2.67 bits per heavy atom. The second kappa shape index (κ2) is 4.88. The molecule has 0 amide bonds. The Labute approximate surface area is 78.9 Å². The van der Waals surface area contributed by atoms with Crippen LogP contribution in [-0.2, 0) is 13.8 Å². The summed E-state index contributed by atoms with van der Waals surface area (Å²) in [5.74, 6) is 0.202. The molecule has 1 fully saturated rings. The summed E-state index contributed by atoms with van der Waals surface area (Å²) in [6.45, 7) is 2.49. The lowest BCUT2D eigenvalue weighted by Crippen LogP contribution is -2.29. The smallest absolute Gasteiger partial charge is 0.109 e. The summed E-state index contributed by atoms with van der Waals surface area (Å²) in [5, 5.41) is 0. The number of hydrogen-bond acceptors (Lipinski definition) is 3. The van der Waals surface area contributed by atoms with E-state index in [2.05, 4.69) is 18.9 Å². The molecule has 1 aliphatic heterocycles. The molecule has 1 saturated heterocycles. The van der Waals surface area contributed by atoms with Crippen molar-refractivity contribution < 1.29 is 13.8 Å². The van der Waals surface area contributed by atoms with Gasteiger partial charge in [-0.25, -0.2) is 0 Å². The lowest BCUT2D eigenvalue weighted by molar-refractivity contribution is 0.0200. The SMILES string of the molecule is [B]C1OC(COP)C(OP)C1C. The van der Waals surface area contributed by atoms with Crippen LogP contribution in [0.3, 0.4) is 0 Å². The van der Waals surface area contributed by atoms with Crippen molar-refractivity contribution in [2.45, 2.75) is 25.1 Å². The number of rotatable bonds is 3. The molecule has 0 aromatic carbocycles.